The molecule has 2 aromatic rings. The zero-order valence-corrected chi connectivity index (χ0v) is 10.8. The fourth-order valence-electron chi connectivity index (χ4n) is 1.53. The Bertz CT molecular complexity index is 633. The largest absolute Gasteiger partial charge is 0.517 e. The Hall–Kier alpha value is -2.09. The lowest BCUT2D eigenvalue weighted by molar-refractivity contribution is -0.0435. The van der Waals surface area contributed by atoms with Crippen LogP contribution in [0.4, 0.5) is 24.7 Å². The second-order valence-electron chi connectivity index (χ2n) is 3.74. The van der Waals surface area contributed by atoms with Crippen LogP contribution in [0, 0.1) is 0 Å². The molecular formula is C12H9F3N2O2S. The van der Waals surface area contributed by atoms with Gasteiger partial charge in [-0.2, -0.15) is 21.6 Å². The van der Waals surface area contributed by atoms with Gasteiger partial charge in [0.2, 0.25) is 0 Å². The number of para-hydroxylation sites is 1. The van der Waals surface area contributed by atoms with Crippen molar-refractivity contribution < 1.29 is 21.6 Å². The van der Waals surface area contributed by atoms with E-state index in [9.17, 15) is 21.6 Å². The molecule has 4 nitrogen and oxygen atoms in total. The number of alkyl halides is 3. The lowest BCUT2D eigenvalue weighted by Crippen LogP contribution is -2.38. The molecular weight excluding hydrogens is 293 g/mol. The van der Waals surface area contributed by atoms with E-state index in [4.69, 9.17) is 0 Å². The molecule has 0 spiro atoms. The van der Waals surface area contributed by atoms with Crippen LogP contribution in [0.15, 0.2) is 54.7 Å². The highest BCUT2D eigenvalue weighted by atomic mass is 32.2. The molecule has 0 N–H and O–H groups in total. The topological polar surface area (TPSA) is 50.3 Å². The number of nitrogens with zero attached hydrogens (tertiary/aromatic N) is 2. The average Bonchev–Trinajstić information content (AvgIpc) is 2.40. The van der Waals surface area contributed by atoms with E-state index < -0.39 is 15.5 Å². The van der Waals surface area contributed by atoms with Crippen molar-refractivity contribution in [2.45, 2.75) is 5.51 Å². The second kappa shape index (κ2) is 5.12. The summed E-state index contributed by atoms with van der Waals surface area (Å²) in [6, 6.07) is 11.1. The Morgan fingerprint density at radius 2 is 1.55 bits per heavy atom. The highest BCUT2D eigenvalue weighted by Crippen LogP contribution is 2.35. The molecule has 0 saturated heterocycles. The third kappa shape index (κ3) is 2.60. The predicted octanol–water partition coefficient (Wildman–Crippen LogP) is 3.07. The van der Waals surface area contributed by atoms with Crippen molar-refractivity contribution in [2.75, 3.05) is 4.31 Å². The first-order valence-electron chi connectivity index (χ1n) is 5.42. The summed E-state index contributed by atoms with van der Waals surface area (Å²) in [5.41, 5.74) is -5.55. The van der Waals surface area contributed by atoms with Crippen LogP contribution in [-0.2, 0) is 10.0 Å². The number of sulfonamides is 1. The van der Waals surface area contributed by atoms with Gasteiger partial charge in [0, 0.05) is 6.20 Å². The van der Waals surface area contributed by atoms with E-state index in [1.807, 2.05) is 0 Å². The second-order valence-corrected chi connectivity index (χ2v) is 5.52. The zero-order valence-electron chi connectivity index (χ0n) is 9.95. The molecule has 20 heavy (non-hydrogen) atoms. The van der Waals surface area contributed by atoms with E-state index in [0.29, 0.717) is 0 Å². The van der Waals surface area contributed by atoms with Crippen LogP contribution in [0.25, 0.3) is 0 Å². The van der Waals surface area contributed by atoms with Gasteiger partial charge in [-0.25, -0.2) is 9.29 Å². The van der Waals surface area contributed by atoms with Crippen molar-refractivity contribution in [3.05, 3.63) is 54.7 Å². The first-order valence-corrected chi connectivity index (χ1v) is 6.86. The molecule has 0 amide bonds. The molecule has 0 aliphatic rings. The normalized spacial score (nSPS) is 12.2. The van der Waals surface area contributed by atoms with Crippen LogP contribution in [0.1, 0.15) is 0 Å². The number of hydrogen-bond donors (Lipinski definition) is 0. The molecule has 0 saturated carbocycles. The number of halogens is 3. The standard InChI is InChI=1S/C12H9F3N2O2S/c13-12(14,15)20(18,19)17(10-6-2-1-3-7-10)11-8-4-5-9-16-11/h1-9H. The lowest BCUT2D eigenvalue weighted by Gasteiger charge is -2.24. The van der Waals surface area contributed by atoms with E-state index in [0.717, 1.165) is 0 Å². The summed E-state index contributed by atoms with van der Waals surface area (Å²) in [6.45, 7) is 0. The van der Waals surface area contributed by atoms with Gasteiger partial charge in [0.1, 0.15) is 5.82 Å². The number of aromatic nitrogens is 1. The molecule has 8 heteroatoms. The molecule has 0 bridgehead atoms. The molecule has 1 aromatic heterocycles. The number of benzene rings is 1. The Morgan fingerprint density at radius 1 is 0.950 bits per heavy atom. The zero-order chi connectivity index (χ0) is 14.8. The minimum Gasteiger partial charge on any atom is -0.238 e. The number of hydrogen-bond acceptors (Lipinski definition) is 3. The van der Waals surface area contributed by atoms with Crippen molar-refractivity contribution in [3.8, 4) is 0 Å². The monoisotopic (exact) mass is 302 g/mol. The molecule has 0 aliphatic carbocycles. The highest BCUT2D eigenvalue weighted by Gasteiger charge is 2.51. The molecule has 106 valence electrons. The molecule has 0 atom stereocenters. The van der Waals surface area contributed by atoms with E-state index in [1.54, 1.807) is 6.07 Å². The molecule has 0 unspecified atom stereocenters. The predicted molar refractivity (Wildman–Crippen MR) is 67.8 cm³/mol. The first kappa shape index (κ1) is 14.3. The summed E-state index contributed by atoms with van der Waals surface area (Å²) >= 11 is 0. The van der Waals surface area contributed by atoms with Gasteiger partial charge in [0.25, 0.3) is 0 Å². The van der Waals surface area contributed by atoms with Gasteiger partial charge >= 0.3 is 15.5 Å². The van der Waals surface area contributed by atoms with Gasteiger partial charge in [-0.15, -0.1) is 0 Å². The molecule has 1 aromatic carbocycles. The van der Waals surface area contributed by atoms with Crippen LogP contribution >= 0.6 is 0 Å². The van der Waals surface area contributed by atoms with Crippen LogP contribution in [0.2, 0.25) is 0 Å². The van der Waals surface area contributed by atoms with Crippen LogP contribution in [0.3, 0.4) is 0 Å². The minimum atomic E-state index is -5.57. The van der Waals surface area contributed by atoms with Gasteiger partial charge in [-0.1, -0.05) is 24.3 Å². The summed E-state index contributed by atoms with van der Waals surface area (Å²) in [7, 11) is -5.57. The van der Waals surface area contributed by atoms with Crippen molar-refractivity contribution >= 4 is 21.5 Å². The van der Waals surface area contributed by atoms with Crippen molar-refractivity contribution in [2.24, 2.45) is 0 Å². The Morgan fingerprint density at radius 3 is 2.05 bits per heavy atom. The highest BCUT2D eigenvalue weighted by molar-refractivity contribution is 7.94. The summed E-state index contributed by atoms with van der Waals surface area (Å²) in [5, 5.41) is 0. The maximum Gasteiger partial charge on any atom is 0.517 e. The maximum atomic E-state index is 12.8. The Labute approximate surface area is 113 Å². The van der Waals surface area contributed by atoms with Crippen molar-refractivity contribution in [3.63, 3.8) is 0 Å². The number of pyridine rings is 1. The van der Waals surface area contributed by atoms with E-state index in [1.165, 1.54) is 48.7 Å². The summed E-state index contributed by atoms with van der Waals surface area (Å²) in [6.07, 6.45) is 1.22. The third-order valence-electron chi connectivity index (χ3n) is 2.38. The van der Waals surface area contributed by atoms with E-state index >= 15 is 0 Å². The van der Waals surface area contributed by atoms with E-state index in [2.05, 4.69) is 4.98 Å². The van der Waals surface area contributed by atoms with Gasteiger partial charge in [-0.3, -0.25) is 0 Å². The third-order valence-corrected chi connectivity index (χ3v) is 3.84. The van der Waals surface area contributed by atoms with E-state index in [-0.39, 0.29) is 15.8 Å². The van der Waals surface area contributed by atoms with Gasteiger partial charge in [-0.05, 0) is 24.3 Å². The fourth-order valence-corrected chi connectivity index (χ4v) is 2.50. The Balaban J connectivity index is 2.64. The first-order chi connectivity index (χ1) is 9.34. The molecule has 0 aliphatic heterocycles. The average molecular weight is 302 g/mol. The molecule has 0 radical (unpaired) electrons. The van der Waals surface area contributed by atoms with Crippen LogP contribution in [0.5, 0.6) is 0 Å². The molecule has 0 fully saturated rings. The van der Waals surface area contributed by atoms with Gasteiger partial charge < -0.3 is 0 Å². The quantitative estimate of drug-likeness (QED) is 0.875. The van der Waals surface area contributed by atoms with Gasteiger partial charge in [0.15, 0.2) is 0 Å². The number of rotatable bonds is 3. The smallest absolute Gasteiger partial charge is 0.238 e. The lowest BCUT2D eigenvalue weighted by atomic mass is 10.3. The van der Waals surface area contributed by atoms with Crippen molar-refractivity contribution in [1.82, 2.24) is 4.98 Å². The summed E-state index contributed by atoms with van der Waals surface area (Å²) in [5.74, 6) is -0.323. The number of anilines is 2. The minimum absolute atomic E-state index is 0.136. The Kier molecular flexibility index (Phi) is 3.67. The molecule has 1 heterocycles. The fraction of sp³-hybridized carbons (Fsp3) is 0.0833. The summed E-state index contributed by atoms with van der Waals surface area (Å²) < 4.78 is 62.0. The molecule has 2 rings (SSSR count). The maximum absolute atomic E-state index is 12.8. The van der Waals surface area contributed by atoms with Crippen LogP contribution in [-0.4, -0.2) is 18.9 Å². The SMILES string of the molecule is O=S(=O)(N(c1ccccc1)c1ccccn1)C(F)(F)F. The van der Waals surface area contributed by atoms with Crippen LogP contribution < -0.4 is 4.31 Å². The van der Waals surface area contributed by atoms with Gasteiger partial charge in [0.05, 0.1) is 5.69 Å². The van der Waals surface area contributed by atoms with Crippen molar-refractivity contribution in [1.29, 1.82) is 0 Å². The summed E-state index contributed by atoms with van der Waals surface area (Å²) in [4.78, 5) is 3.68.